The summed E-state index contributed by atoms with van der Waals surface area (Å²) < 4.78 is 16.9. The van der Waals surface area contributed by atoms with Crippen molar-refractivity contribution < 1.29 is 13.6 Å². The number of hydrogen-bond donors (Lipinski definition) is 2. The molecule has 112 valence electrons. The summed E-state index contributed by atoms with van der Waals surface area (Å²) in [6, 6.07) is 0. The van der Waals surface area contributed by atoms with Crippen molar-refractivity contribution >= 4 is 18.5 Å². The zero-order valence-electron chi connectivity index (χ0n) is 12.3. The molecule has 19 heavy (non-hydrogen) atoms. The molecular weight excluding hydrogens is 283 g/mol. The smallest absolute Gasteiger partial charge is 0.328 e. The maximum Gasteiger partial charge on any atom is 0.328 e. The first-order chi connectivity index (χ1) is 8.90. The van der Waals surface area contributed by atoms with Crippen LogP contribution in [0.4, 0.5) is 0 Å². The van der Waals surface area contributed by atoms with Gasteiger partial charge in [-0.2, -0.15) is 0 Å². The van der Waals surface area contributed by atoms with E-state index in [0.29, 0.717) is 19.1 Å². The van der Waals surface area contributed by atoms with Gasteiger partial charge in [0, 0.05) is 5.70 Å². The lowest BCUT2D eigenvalue weighted by molar-refractivity contribution is 0.102. The largest absolute Gasteiger partial charge is 0.373 e. The normalized spacial score (nSPS) is 24.2. The summed E-state index contributed by atoms with van der Waals surface area (Å²) in [4.78, 5) is 0. The third-order valence-electron chi connectivity index (χ3n) is 2.61. The van der Waals surface area contributed by atoms with Crippen molar-refractivity contribution in [1.82, 2.24) is 10.6 Å². The van der Waals surface area contributed by atoms with Crippen LogP contribution in [0.1, 0.15) is 34.6 Å². The molecule has 0 spiro atoms. The van der Waals surface area contributed by atoms with Crippen LogP contribution in [0, 0.1) is 5.92 Å². The summed E-state index contributed by atoms with van der Waals surface area (Å²) in [7, 11) is 0. The minimum Gasteiger partial charge on any atom is -0.373 e. The summed E-state index contributed by atoms with van der Waals surface area (Å²) in [5, 5.41) is 6.71. The average molecular weight is 308 g/mol. The molecule has 1 rings (SSSR count). The first kappa shape index (κ1) is 17.1. The van der Waals surface area contributed by atoms with Crippen molar-refractivity contribution in [3.8, 4) is 0 Å². The Morgan fingerprint density at radius 3 is 2.37 bits per heavy atom. The quantitative estimate of drug-likeness (QED) is 0.705. The summed E-state index contributed by atoms with van der Waals surface area (Å²) in [5.74, 6) is 0.437. The molecule has 0 amide bonds. The molecule has 1 heterocycles. The van der Waals surface area contributed by atoms with Gasteiger partial charge in [-0.15, -0.1) is 0 Å². The zero-order chi connectivity index (χ0) is 14.5. The monoisotopic (exact) mass is 308 g/mol. The molecule has 0 saturated heterocycles. The van der Waals surface area contributed by atoms with E-state index in [1.54, 1.807) is 0 Å². The Morgan fingerprint density at radius 2 is 1.89 bits per heavy atom. The van der Waals surface area contributed by atoms with E-state index in [4.69, 9.17) is 25.4 Å². The molecule has 1 aliphatic rings. The van der Waals surface area contributed by atoms with Crippen LogP contribution in [0.2, 0.25) is 0 Å². The highest BCUT2D eigenvalue weighted by molar-refractivity contribution is 8.07. The lowest BCUT2D eigenvalue weighted by atomic mass is 10.1. The standard InChI is InChI=1S/C12H25N2O3PS/c1-6-15-18(19,16-7-2)17-11-8-10(5)13-12(14-11)9(3)4/h8-9,11-14H,6-7H2,1-5H3. The highest BCUT2D eigenvalue weighted by Gasteiger charge is 2.28. The van der Waals surface area contributed by atoms with Gasteiger partial charge < -0.3 is 14.4 Å². The third kappa shape index (κ3) is 5.50. The molecule has 1 aliphatic heterocycles. The Hall–Kier alpha value is 0.0300. The predicted molar refractivity (Wildman–Crippen MR) is 81.1 cm³/mol. The van der Waals surface area contributed by atoms with Gasteiger partial charge in [0.15, 0.2) is 0 Å². The van der Waals surface area contributed by atoms with Crippen LogP contribution >= 0.6 is 6.72 Å². The van der Waals surface area contributed by atoms with Crippen molar-refractivity contribution in [2.75, 3.05) is 13.2 Å². The van der Waals surface area contributed by atoms with Crippen LogP contribution in [-0.2, 0) is 25.4 Å². The van der Waals surface area contributed by atoms with Crippen LogP contribution in [0.25, 0.3) is 0 Å². The first-order valence-corrected chi connectivity index (χ1v) is 9.24. The first-order valence-electron chi connectivity index (χ1n) is 6.68. The maximum absolute atomic E-state index is 5.86. The Morgan fingerprint density at radius 1 is 1.32 bits per heavy atom. The highest BCUT2D eigenvalue weighted by atomic mass is 32.5. The fraction of sp³-hybridized carbons (Fsp3) is 0.833. The van der Waals surface area contributed by atoms with E-state index in [2.05, 4.69) is 24.5 Å². The Bertz CT molecular complexity index is 353. The topological polar surface area (TPSA) is 51.8 Å². The summed E-state index contributed by atoms with van der Waals surface area (Å²) in [5.41, 5.74) is 1.07. The number of nitrogens with one attached hydrogen (secondary N) is 2. The minimum absolute atomic E-state index is 0.154. The summed E-state index contributed by atoms with van der Waals surface area (Å²) >= 11 is 5.38. The van der Waals surface area contributed by atoms with Gasteiger partial charge in [0.2, 0.25) is 0 Å². The molecule has 7 heteroatoms. The molecule has 0 fully saturated rings. The SMILES string of the molecule is CCOP(=S)(OCC)OC1C=C(C)NC(C(C)C)N1. The number of hydrogen-bond acceptors (Lipinski definition) is 6. The lowest BCUT2D eigenvalue weighted by Gasteiger charge is -2.35. The molecule has 0 aromatic rings. The van der Waals surface area contributed by atoms with Crippen LogP contribution < -0.4 is 10.6 Å². The van der Waals surface area contributed by atoms with Gasteiger partial charge in [-0.3, -0.25) is 9.84 Å². The van der Waals surface area contributed by atoms with Gasteiger partial charge >= 0.3 is 6.72 Å². The van der Waals surface area contributed by atoms with Gasteiger partial charge in [0.05, 0.1) is 19.4 Å². The van der Waals surface area contributed by atoms with Crippen molar-refractivity contribution in [2.24, 2.45) is 5.92 Å². The minimum atomic E-state index is -2.67. The second kappa shape index (κ2) is 7.72. The molecule has 5 nitrogen and oxygen atoms in total. The molecule has 0 saturated carbocycles. The predicted octanol–water partition coefficient (Wildman–Crippen LogP) is 2.71. The second-order valence-electron chi connectivity index (χ2n) is 4.69. The molecule has 0 radical (unpaired) electrons. The Kier molecular flexibility index (Phi) is 6.94. The fourth-order valence-electron chi connectivity index (χ4n) is 1.76. The molecule has 0 aliphatic carbocycles. The van der Waals surface area contributed by atoms with Crippen LogP contribution in [-0.4, -0.2) is 25.6 Å². The molecule has 0 bridgehead atoms. The molecular formula is C12H25N2O3PS. The van der Waals surface area contributed by atoms with E-state index in [-0.39, 0.29) is 12.4 Å². The van der Waals surface area contributed by atoms with Gasteiger partial charge in [0.1, 0.15) is 6.23 Å². The van der Waals surface area contributed by atoms with Gasteiger partial charge in [-0.25, -0.2) is 0 Å². The lowest BCUT2D eigenvalue weighted by Crippen LogP contribution is -2.53. The fourth-order valence-corrected chi connectivity index (χ4v) is 3.90. The highest BCUT2D eigenvalue weighted by Crippen LogP contribution is 2.50. The van der Waals surface area contributed by atoms with E-state index < -0.39 is 6.72 Å². The van der Waals surface area contributed by atoms with Crippen LogP contribution in [0.3, 0.4) is 0 Å². The van der Waals surface area contributed by atoms with Crippen molar-refractivity contribution in [3.63, 3.8) is 0 Å². The second-order valence-corrected chi connectivity index (χ2v) is 7.65. The zero-order valence-corrected chi connectivity index (χ0v) is 14.0. The summed E-state index contributed by atoms with van der Waals surface area (Å²) in [6.07, 6.45) is 1.83. The van der Waals surface area contributed by atoms with Crippen LogP contribution in [0.15, 0.2) is 11.8 Å². The molecule has 2 unspecified atom stereocenters. The van der Waals surface area contributed by atoms with E-state index in [9.17, 15) is 0 Å². The van der Waals surface area contributed by atoms with E-state index in [1.165, 1.54) is 0 Å². The maximum atomic E-state index is 5.86. The molecule has 0 aromatic heterocycles. The van der Waals surface area contributed by atoms with E-state index >= 15 is 0 Å². The third-order valence-corrected chi connectivity index (χ3v) is 5.14. The van der Waals surface area contributed by atoms with Gasteiger partial charge in [-0.1, -0.05) is 13.8 Å². The molecule has 0 aromatic carbocycles. The van der Waals surface area contributed by atoms with Crippen molar-refractivity contribution in [3.05, 3.63) is 11.8 Å². The molecule has 2 atom stereocenters. The van der Waals surface area contributed by atoms with E-state index in [1.807, 2.05) is 26.8 Å². The van der Waals surface area contributed by atoms with E-state index in [0.717, 1.165) is 5.70 Å². The van der Waals surface area contributed by atoms with Gasteiger partial charge in [0.25, 0.3) is 0 Å². The van der Waals surface area contributed by atoms with Crippen LogP contribution in [0.5, 0.6) is 0 Å². The Balaban J connectivity index is 2.73. The summed E-state index contributed by atoms with van der Waals surface area (Å²) in [6.45, 7) is 8.36. The molecule has 2 N–H and O–H groups in total. The van der Waals surface area contributed by atoms with Crippen molar-refractivity contribution in [1.29, 1.82) is 0 Å². The number of rotatable bonds is 7. The van der Waals surface area contributed by atoms with Gasteiger partial charge in [-0.05, 0) is 44.6 Å². The number of allylic oxidation sites excluding steroid dienone is 1. The van der Waals surface area contributed by atoms with Crippen molar-refractivity contribution in [2.45, 2.75) is 47.0 Å². The average Bonchev–Trinajstić information content (AvgIpc) is 2.28. The Labute approximate surface area is 121 Å².